The molecule has 2 fully saturated rings. The van der Waals surface area contributed by atoms with E-state index in [0.29, 0.717) is 18.2 Å². The number of likely N-dealkylation sites (tertiary alicyclic amines) is 1. The van der Waals surface area contributed by atoms with Crippen molar-refractivity contribution in [3.63, 3.8) is 0 Å². The Morgan fingerprint density at radius 1 is 1.19 bits per heavy atom. The van der Waals surface area contributed by atoms with Gasteiger partial charge >= 0.3 is 0 Å². The first-order valence-corrected chi connectivity index (χ1v) is 8.67. The first-order chi connectivity index (χ1) is 9.85. The van der Waals surface area contributed by atoms with Crippen LogP contribution >= 0.6 is 0 Å². The Kier molecular flexibility index (Phi) is 6.06. The molecule has 0 aromatic rings. The average Bonchev–Trinajstić information content (AvgIpc) is 2.41. The Balaban J connectivity index is 1.79. The number of piperidine rings is 1. The van der Waals surface area contributed by atoms with Crippen molar-refractivity contribution in [3.8, 4) is 0 Å². The van der Waals surface area contributed by atoms with Gasteiger partial charge in [-0.15, -0.1) is 0 Å². The molecule has 2 rings (SSSR count). The lowest BCUT2D eigenvalue weighted by Crippen LogP contribution is -2.54. The molecule has 0 spiro atoms. The van der Waals surface area contributed by atoms with Crippen LogP contribution in [0.2, 0.25) is 0 Å². The predicted octanol–water partition coefficient (Wildman–Crippen LogP) is 1.95. The number of rotatable bonds is 5. The van der Waals surface area contributed by atoms with Gasteiger partial charge in [0.15, 0.2) is 0 Å². The lowest BCUT2D eigenvalue weighted by Gasteiger charge is -2.41. The highest BCUT2D eigenvalue weighted by atomic mass is 16.5. The molecule has 2 saturated heterocycles. The van der Waals surface area contributed by atoms with Crippen LogP contribution in [0.3, 0.4) is 0 Å². The molecule has 2 aliphatic rings. The number of nitrogens with one attached hydrogen (secondary N) is 1. The summed E-state index contributed by atoms with van der Waals surface area (Å²) in [7, 11) is 2.22. The fourth-order valence-corrected chi connectivity index (χ4v) is 3.67. The van der Waals surface area contributed by atoms with E-state index in [-0.39, 0.29) is 5.54 Å². The zero-order valence-electron chi connectivity index (χ0n) is 14.7. The third kappa shape index (κ3) is 5.51. The third-order valence-electron chi connectivity index (χ3n) is 4.95. The lowest BCUT2D eigenvalue weighted by molar-refractivity contribution is -0.0522. The summed E-state index contributed by atoms with van der Waals surface area (Å²) < 4.78 is 6.01. The van der Waals surface area contributed by atoms with Gasteiger partial charge in [-0.1, -0.05) is 0 Å². The van der Waals surface area contributed by atoms with Crippen molar-refractivity contribution < 1.29 is 4.74 Å². The van der Waals surface area contributed by atoms with E-state index >= 15 is 0 Å². The number of hydrogen-bond donors (Lipinski definition) is 1. The van der Waals surface area contributed by atoms with Gasteiger partial charge in [0.25, 0.3) is 0 Å². The summed E-state index contributed by atoms with van der Waals surface area (Å²) in [5, 5.41) is 3.88. The molecule has 0 bridgehead atoms. The lowest BCUT2D eigenvalue weighted by atomic mass is 9.92. The zero-order valence-corrected chi connectivity index (χ0v) is 14.7. The highest BCUT2D eigenvalue weighted by molar-refractivity contribution is 4.89. The minimum atomic E-state index is 0.158. The maximum absolute atomic E-state index is 6.01. The molecule has 1 unspecified atom stereocenters. The number of ether oxygens (including phenoxy) is 1. The van der Waals surface area contributed by atoms with Crippen LogP contribution < -0.4 is 5.32 Å². The Morgan fingerprint density at radius 2 is 1.86 bits per heavy atom. The van der Waals surface area contributed by atoms with Crippen LogP contribution in [0.25, 0.3) is 0 Å². The molecule has 1 atom stereocenters. The summed E-state index contributed by atoms with van der Waals surface area (Å²) in [6.45, 7) is 14.7. The molecule has 0 aromatic carbocycles. The third-order valence-corrected chi connectivity index (χ3v) is 4.95. The van der Waals surface area contributed by atoms with Gasteiger partial charge in [-0.2, -0.15) is 0 Å². The molecule has 21 heavy (non-hydrogen) atoms. The molecule has 0 radical (unpaired) electrons. The Morgan fingerprint density at radius 3 is 2.48 bits per heavy atom. The highest BCUT2D eigenvalue weighted by Gasteiger charge is 2.31. The summed E-state index contributed by atoms with van der Waals surface area (Å²) >= 11 is 0. The van der Waals surface area contributed by atoms with E-state index in [1.165, 1.54) is 25.9 Å². The van der Waals surface area contributed by atoms with Crippen LogP contribution in [0.5, 0.6) is 0 Å². The minimum absolute atomic E-state index is 0.158. The monoisotopic (exact) mass is 297 g/mol. The van der Waals surface area contributed by atoms with Crippen LogP contribution in [-0.2, 0) is 4.74 Å². The van der Waals surface area contributed by atoms with Gasteiger partial charge in [0.1, 0.15) is 0 Å². The van der Waals surface area contributed by atoms with Crippen molar-refractivity contribution in [2.24, 2.45) is 0 Å². The van der Waals surface area contributed by atoms with Gasteiger partial charge in [-0.3, -0.25) is 4.90 Å². The SMILES string of the molecule is CC(C)N1CCOC(CC(C)(C)NC2CCN(C)CC2)C1. The fraction of sp³-hybridized carbons (Fsp3) is 1.00. The molecule has 4 heteroatoms. The molecule has 2 heterocycles. The van der Waals surface area contributed by atoms with Crippen LogP contribution in [0.15, 0.2) is 0 Å². The smallest absolute Gasteiger partial charge is 0.0720 e. The van der Waals surface area contributed by atoms with Crippen molar-refractivity contribution >= 4 is 0 Å². The van der Waals surface area contributed by atoms with Crippen molar-refractivity contribution in [3.05, 3.63) is 0 Å². The topological polar surface area (TPSA) is 27.7 Å². The normalized spacial score (nSPS) is 27.4. The number of morpholine rings is 1. The molecule has 4 nitrogen and oxygen atoms in total. The van der Waals surface area contributed by atoms with Crippen LogP contribution in [0.1, 0.15) is 47.0 Å². The van der Waals surface area contributed by atoms with E-state index in [4.69, 9.17) is 4.74 Å². The summed E-state index contributed by atoms with van der Waals surface area (Å²) in [4.78, 5) is 4.97. The summed E-state index contributed by atoms with van der Waals surface area (Å²) in [6, 6.07) is 1.29. The summed E-state index contributed by atoms with van der Waals surface area (Å²) in [5.41, 5.74) is 0.158. The van der Waals surface area contributed by atoms with Crippen molar-refractivity contribution in [1.29, 1.82) is 0 Å². The number of hydrogen-bond acceptors (Lipinski definition) is 4. The van der Waals surface area contributed by atoms with Gasteiger partial charge in [0.2, 0.25) is 0 Å². The number of nitrogens with zero attached hydrogens (tertiary/aromatic N) is 2. The second-order valence-corrected chi connectivity index (χ2v) is 7.89. The maximum atomic E-state index is 6.01. The molecular weight excluding hydrogens is 262 g/mol. The summed E-state index contributed by atoms with van der Waals surface area (Å²) in [6.07, 6.45) is 4.00. The molecule has 0 aliphatic carbocycles. The average molecular weight is 297 g/mol. The van der Waals surface area contributed by atoms with Gasteiger partial charge in [0.05, 0.1) is 12.7 Å². The fourth-order valence-electron chi connectivity index (χ4n) is 3.67. The van der Waals surface area contributed by atoms with E-state index in [1.54, 1.807) is 0 Å². The van der Waals surface area contributed by atoms with Crippen LogP contribution in [-0.4, -0.2) is 73.4 Å². The largest absolute Gasteiger partial charge is 0.375 e. The van der Waals surface area contributed by atoms with Crippen molar-refractivity contribution in [2.45, 2.75) is 70.7 Å². The second-order valence-electron chi connectivity index (χ2n) is 7.89. The molecule has 1 N–H and O–H groups in total. The Hall–Kier alpha value is -0.160. The van der Waals surface area contributed by atoms with Gasteiger partial charge in [0, 0.05) is 30.7 Å². The van der Waals surface area contributed by atoms with Crippen LogP contribution in [0, 0.1) is 0 Å². The van der Waals surface area contributed by atoms with Crippen LogP contribution in [0.4, 0.5) is 0 Å². The van der Waals surface area contributed by atoms with E-state index in [1.807, 2.05) is 0 Å². The van der Waals surface area contributed by atoms with Gasteiger partial charge < -0.3 is 15.0 Å². The minimum Gasteiger partial charge on any atom is -0.375 e. The van der Waals surface area contributed by atoms with Crippen molar-refractivity contribution in [1.82, 2.24) is 15.1 Å². The van der Waals surface area contributed by atoms with Gasteiger partial charge in [-0.05, 0) is 67.1 Å². The predicted molar refractivity (Wildman–Crippen MR) is 88.8 cm³/mol. The highest BCUT2D eigenvalue weighted by Crippen LogP contribution is 2.21. The molecule has 124 valence electrons. The zero-order chi connectivity index (χ0) is 15.5. The summed E-state index contributed by atoms with van der Waals surface area (Å²) in [5.74, 6) is 0. The first kappa shape index (κ1) is 17.2. The Labute approximate surface area is 131 Å². The first-order valence-electron chi connectivity index (χ1n) is 8.67. The van der Waals surface area contributed by atoms with Gasteiger partial charge in [-0.25, -0.2) is 0 Å². The molecule has 0 amide bonds. The molecule has 0 saturated carbocycles. The maximum Gasteiger partial charge on any atom is 0.0720 e. The van der Waals surface area contributed by atoms with E-state index in [2.05, 4.69) is 49.9 Å². The van der Waals surface area contributed by atoms with Crippen molar-refractivity contribution in [2.75, 3.05) is 39.8 Å². The quantitative estimate of drug-likeness (QED) is 0.839. The van der Waals surface area contributed by atoms with E-state index < -0.39 is 0 Å². The molecular formula is C17H35N3O. The van der Waals surface area contributed by atoms with E-state index in [0.717, 1.165) is 26.1 Å². The standard InChI is InChI=1S/C17H35N3O/c1-14(2)20-10-11-21-16(13-20)12-17(3,4)18-15-6-8-19(5)9-7-15/h14-16,18H,6-13H2,1-5H3. The Bertz CT molecular complexity index is 311. The molecule has 0 aromatic heterocycles. The second kappa shape index (κ2) is 7.40. The molecule has 2 aliphatic heterocycles. The van der Waals surface area contributed by atoms with E-state index in [9.17, 15) is 0 Å².